The van der Waals surface area contributed by atoms with Crippen molar-refractivity contribution in [3.63, 3.8) is 0 Å². The molecule has 2 heterocycles. The van der Waals surface area contributed by atoms with Gasteiger partial charge in [0.2, 0.25) is 5.91 Å². The second-order valence-corrected chi connectivity index (χ2v) is 6.43. The highest BCUT2D eigenvalue weighted by atomic mass is 16.2. The zero-order valence-corrected chi connectivity index (χ0v) is 14.1. The van der Waals surface area contributed by atoms with Crippen LogP contribution in [0.3, 0.4) is 0 Å². The SMILES string of the molecule is Cc1cc(C)cc(C(=O)NCC(=O)N2CCC[C@@H]2c2ccc[nH]2)c1. The van der Waals surface area contributed by atoms with Crippen LogP contribution in [0.4, 0.5) is 0 Å². The van der Waals surface area contributed by atoms with Crippen LogP contribution in [0.2, 0.25) is 0 Å². The number of amides is 2. The van der Waals surface area contributed by atoms with Crippen molar-refractivity contribution in [2.75, 3.05) is 13.1 Å². The van der Waals surface area contributed by atoms with E-state index in [-0.39, 0.29) is 24.4 Å². The minimum absolute atomic E-state index is 0.0308. The summed E-state index contributed by atoms with van der Waals surface area (Å²) in [5, 5.41) is 2.76. The van der Waals surface area contributed by atoms with Gasteiger partial charge >= 0.3 is 0 Å². The van der Waals surface area contributed by atoms with Gasteiger partial charge in [-0.05, 0) is 51.0 Å². The molecule has 2 aromatic rings. The fourth-order valence-electron chi connectivity index (χ4n) is 3.41. The molecule has 0 unspecified atom stereocenters. The van der Waals surface area contributed by atoms with Crippen molar-refractivity contribution in [3.05, 3.63) is 58.9 Å². The molecule has 3 rings (SSSR count). The second-order valence-electron chi connectivity index (χ2n) is 6.43. The van der Waals surface area contributed by atoms with E-state index in [1.165, 1.54) is 0 Å². The Labute approximate surface area is 142 Å². The molecule has 5 heteroatoms. The Hall–Kier alpha value is -2.56. The molecule has 1 fully saturated rings. The summed E-state index contributed by atoms with van der Waals surface area (Å²) in [6, 6.07) is 9.73. The first-order chi connectivity index (χ1) is 11.5. The molecule has 0 saturated carbocycles. The van der Waals surface area contributed by atoms with Gasteiger partial charge in [0.25, 0.3) is 5.91 Å². The van der Waals surface area contributed by atoms with Crippen molar-refractivity contribution < 1.29 is 9.59 Å². The molecule has 1 saturated heterocycles. The minimum atomic E-state index is -0.203. The van der Waals surface area contributed by atoms with E-state index in [2.05, 4.69) is 10.3 Å². The Morgan fingerprint density at radius 2 is 2.00 bits per heavy atom. The lowest BCUT2D eigenvalue weighted by molar-refractivity contribution is -0.131. The summed E-state index contributed by atoms with van der Waals surface area (Å²) < 4.78 is 0. The molecular formula is C19H23N3O2. The first-order valence-corrected chi connectivity index (χ1v) is 8.34. The molecule has 2 amide bonds. The molecule has 126 valence electrons. The minimum Gasteiger partial charge on any atom is -0.363 e. The average Bonchev–Trinajstić information content (AvgIpc) is 3.21. The Bertz CT molecular complexity index is 717. The largest absolute Gasteiger partial charge is 0.363 e. The van der Waals surface area contributed by atoms with Crippen LogP contribution >= 0.6 is 0 Å². The summed E-state index contributed by atoms with van der Waals surface area (Å²) in [5.41, 5.74) is 3.74. The van der Waals surface area contributed by atoms with Gasteiger partial charge < -0.3 is 15.2 Å². The number of carbonyl (C=O) groups excluding carboxylic acids is 2. The number of H-pyrrole nitrogens is 1. The van der Waals surface area contributed by atoms with Crippen molar-refractivity contribution in [1.82, 2.24) is 15.2 Å². The van der Waals surface area contributed by atoms with Crippen LogP contribution in [0.5, 0.6) is 0 Å². The van der Waals surface area contributed by atoms with Crippen LogP contribution in [-0.4, -0.2) is 34.8 Å². The van der Waals surface area contributed by atoms with Crippen LogP contribution in [0, 0.1) is 13.8 Å². The standard InChI is InChI=1S/C19H23N3O2/c1-13-9-14(2)11-15(10-13)19(24)21-12-18(23)22-8-4-6-17(22)16-5-3-7-20-16/h3,5,7,9-11,17,20H,4,6,8,12H2,1-2H3,(H,21,24)/t17-/m1/s1. The number of carbonyl (C=O) groups is 2. The van der Waals surface area contributed by atoms with E-state index in [0.717, 1.165) is 36.2 Å². The number of aromatic amines is 1. The van der Waals surface area contributed by atoms with Gasteiger partial charge in [-0.25, -0.2) is 0 Å². The third kappa shape index (κ3) is 3.50. The molecule has 2 N–H and O–H groups in total. The maximum absolute atomic E-state index is 12.5. The van der Waals surface area contributed by atoms with E-state index >= 15 is 0 Å². The molecule has 5 nitrogen and oxygen atoms in total. The summed E-state index contributed by atoms with van der Waals surface area (Å²) in [6.07, 6.45) is 3.82. The van der Waals surface area contributed by atoms with Crippen molar-refractivity contribution in [1.29, 1.82) is 0 Å². The third-order valence-electron chi connectivity index (χ3n) is 4.44. The first-order valence-electron chi connectivity index (χ1n) is 8.34. The molecule has 1 atom stereocenters. The van der Waals surface area contributed by atoms with Gasteiger partial charge in [-0.3, -0.25) is 9.59 Å². The first kappa shape index (κ1) is 16.3. The summed E-state index contributed by atoms with van der Waals surface area (Å²) in [4.78, 5) is 29.8. The van der Waals surface area contributed by atoms with Crippen molar-refractivity contribution in [2.45, 2.75) is 32.7 Å². The molecule has 1 aliphatic heterocycles. The Morgan fingerprint density at radius 1 is 1.25 bits per heavy atom. The second kappa shape index (κ2) is 6.91. The van der Waals surface area contributed by atoms with E-state index in [4.69, 9.17) is 0 Å². The van der Waals surface area contributed by atoms with Crippen LogP contribution < -0.4 is 5.32 Å². The van der Waals surface area contributed by atoms with E-state index in [0.29, 0.717) is 5.56 Å². The van der Waals surface area contributed by atoms with E-state index in [1.807, 2.05) is 55.3 Å². The van der Waals surface area contributed by atoms with Crippen LogP contribution in [0.25, 0.3) is 0 Å². The average molecular weight is 325 g/mol. The van der Waals surface area contributed by atoms with Crippen molar-refractivity contribution in [2.24, 2.45) is 0 Å². The zero-order chi connectivity index (χ0) is 17.1. The molecule has 1 aromatic carbocycles. The topological polar surface area (TPSA) is 65.2 Å². The fourth-order valence-corrected chi connectivity index (χ4v) is 3.41. The number of likely N-dealkylation sites (tertiary alicyclic amines) is 1. The number of hydrogen-bond acceptors (Lipinski definition) is 2. The lowest BCUT2D eigenvalue weighted by Gasteiger charge is -2.24. The highest BCUT2D eigenvalue weighted by molar-refractivity contribution is 5.96. The Kier molecular flexibility index (Phi) is 4.69. The number of aromatic nitrogens is 1. The van der Waals surface area contributed by atoms with Crippen LogP contribution in [0.15, 0.2) is 36.5 Å². The van der Waals surface area contributed by atoms with E-state index in [1.54, 1.807) is 0 Å². The summed E-state index contributed by atoms with van der Waals surface area (Å²) in [6.45, 7) is 4.69. The van der Waals surface area contributed by atoms with Gasteiger partial charge in [-0.1, -0.05) is 17.2 Å². The number of nitrogens with one attached hydrogen (secondary N) is 2. The number of aryl methyl sites for hydroxylation is 2. The number of hydrogen-bond donors (Lipinski definition) is 2. The van der Waals surface area contributed by atoms with Gasteiger partial charge in [0.05, 0.1) is 12.6 Å². The Balaban J connectivity index is 1.61. The number of benzene rings is 1. The van der Waals surface area contributed by atoms with E-state index < -0.39 is 0 Å². The predicted octanol–water partition coefficient (Wildman–Crippen LogP) is 2.73. The summed E-state index contributed by atoms with van der Waals surface area (Å²) in [5.74, 6) is -0.240. The highest BCUT2D eigenvalue weighted by Crippen LogP contribution is 2.30. The maximum Gasteiger partial charge on any atom is 0.251 e. The van der Waals surface area contributed by atoms with Gasteiger partial charge in [-0.15, -0.1) is 0 Å². The Morgan fingerprint density at radius 3 is 2.67 bits per heavy atom. The molecule has 1 aliphatic rings. The van der Waals surface area contributed by atoms with Gasteiger partial charge in [0.1, 0.15) is 0 Å². The number of rotatable bonds is 4. The van der Waals surface area contributed by atoms with Gasteiger partial charge in [0.15, 0.2) is 0 Å². The molecule has 24 heavy (non-hydrogen) atoms. The molecular weight excluding hydrogens is 302 g/mol. The predicted molar refractivity (Wildman–Crippen MR) is 92.7 cm³/mol. The summed E-state index contributed by atoms with van der Waals surface area (Å²) >= 11 is 0. The monoisotopic (exact) mass is 325 g/mol. The summed E-state index contributed by atoms with van der Waals surface area (Å²) in [7, 11) is 0. The molecule has 0 bridgehead atoms. The van der Waals surface area contributed by atoms with Gasteiger partial charge in [-0.2, -0.15) is 0 Å². The molecule has 1 aromatic heterocycles. The third-order valence-corrected chi connectivity index (χ3v) is 4.44. The fraction of sp³-hybridized carbons (Fsp3) is 0.368. The molecule has 0 radical (unpaired) electrons. The van der Waals surface area contributed by atoms with Gasteiger partial charge in [0, 0.05) is 24.0 Å². The molecule has 0 spiro atoms. The number of nitrogens with zero attached hydrogens (tertiary/aromatic N) is 1. The quantitative estimate of drug-likeness (QED) is 0.908. The van der Waals surface area contributed by atoms with Crippen LogP contribution in [-0.2, 0) is 4.79 Å². The molecule has 0 aliphatic carbocycles. The maximum atomic E-state index is 12.5. The highest BCUT2D eigenvalue weighted by Gasteiger charge is 2.30. The van der Waals surface area contributed by atoms with Crippen LogP contribution in [0.1, 0.15) is 46.1 Å². The van der Waals surface area contributed by atoms with Crippen molar-refractivity contribution in [3.8, 4) is 0 Å². The lowest BCUT2D eigenvalue weighted by atomic mass is 10.1. The lowest BCUT2D eigenvalue weighted by Crippen LogP contribution is -2.40. The zero-order valence-electron chi connectivity index (χ0n) is 14.1. The van der Waals surface area contributed by atoms with Crippen molar-refractivity contribution >= 4 is 11.8 Å². The normalized spacial score (nSPS) is 17.1. The van der Waals surface area contributed by atoms with E-state index in [9.17, 15) is 9.59 Å². The smallest absolute Gasteiger partial charge is 0.251 e.